The highest BCUT2D eigenvalue weighted by Crippen LogP contribution is 2.30. The van der Waals surface area contributed by atoms with Gasteiger partial charge in [-0.15, -0.1) is 0 Å². The van der Waals surface area contributed by atoms with Crippen molar-refractivity contribution in [1.82, 2.24) is 10.2 Å². The Bertz CT molecular complexity index is 466. The van der Waals surface area contributed by atoms with Gasteiger partial charge in [0, 0.05) is 26.2 Å². The molecule has 1 saturated heterocycles. The van der Waals surface area contributed by atoms with Gasteiger partial charge in [0.2, 0.25) is 0 Å². The molecule has 0 spiro atoms. The topological polar surface area (TPSA) is 41.6 Å². The van der Waals surface area contributed by atoms with E-state index in [0.29, 0.717) is 0 Å². The Morgan fingerprint density at radius 1 is 1.29 bits per heavy atom. The van der Waals surface area contributed by atoms with E-state index >= 15 is 0 Å². The number of hydrogen-bond acceptors (Lipinski definition) is 4. The van der Waals surface area contributed by atoms with Gasteiger partial charge in [-0.2, -0.15) is 0 Å². The number of ether oxygens (including phenoxy) is 1. The summed E-state index contributed by atoms with van der Waals surface area (Å²) in [7, 11) is 1.47. The summed E-state index contributed by atoms with van der Waals surface area (Å²) >= 11 is 0. The highest BCUT2D eigenvalue weighted by molar-refractivity contribution is 5.82. The fraction of sp³-hybridized carbons (Fsp3) is 0.588. The summed E-state index contributed by atoms with van der Waals surface area (Å²) in [6.45, 7) is 7.65. The minimum Gasteiger partial charge on any atom is -0.467 e. The lowest BCUT2D eigenvalue weighted by Gasteiger charge is -2.41. The minimum atomic E-state index is -0.707. The molecule has 1 aromatic rings. The molecule has 1 N–H and O–H groups in total. The van der Waals surface area contributed by atoms with E-state index in [0.717, 1.165) is 44.6 Å². The summed E-state index contributed by atoms with van der Waals surface area (Å²) in [5, 5.41) is 3.33. The van der Waals surface area contributed by atoms with Gasteiger partial charge >= 0.3 is 5.97 Å². The standard InChI is InChI=1S/C17H26N2O2/c1-4-5-14-6-8-15(9-7-14)17(2,16(20)21-3)19-12-10-18-11-13-19/h6-9,18H,4-5,10-13H2,1-3H3. The van der Waals surface area contributed by atoms with Gasteiger partial charge in [-0.05, 0) is 24.5 Å². The maximum Gasteiger partial charge on any atom is 0.330 e. The average molecular weight is 290 g/mol. The van der Waals surface area contributed by atoms with Crippen molar-refractivity contribution in [3.8, 4) is 0 Å². The fourth-order valence-electron chi connectivity index (χ4n) is 3.02. The van der Waals surface area contributed by atoms with E-state index in [-0.39, 0.29) is 5.97 Å². The van der Waals surface area contributed by atoms with E-state index < -0.39 is 5.54 Å². The summed E-state index contributed by atoms with van der Waals surface area (Å²) in [6, 6.07) is 8.40. The van der Waals surface area contributed by atoms with Crippen LogP contribution in [0.1, 0.15) is 31.4 Å². The maximum atomic E-state index is 12.5. The van der Waals surface area contributed by atoms with Crippen LogP contribution in [0.15, 0.2) is 24.3 Å². The third-order valence-electron chi connectivity index (χ3n) is 4.39. The predicted octanol–water partition coefficient (Wildman–Crippen LogP) is 1.93. The number of esters is 1. The van der Waals surface area contributed by atoms with Crippen LogP contribution in [0.25, 0.3) is 0 Å². The summed E-state index contributed by atoms with van der Waals surface area (Å²) in [5.41, 5.74) is 1.62. The van der Waals surface area contributed by atoms with Crippen molar-refractivity contribution in [2.24, 2.45) is 0 Å². The molecule has 21 heavy (non-hydrogen) atoms. The van der Waals surface area contributed by atoms with Crippen molar-refractivity contribution in [1.29, 1.82) is 0 Å². The van der Waals surface area contributed by atoms with Crippen molar-refractivity contribution in [3.05, 3.63) is 35.4 Å². The monoisotopic (exact) mass is 290 g/mol. The number of rotatable bonds is 5. The van der Waals surface area contributed by atoms with Crippen LogP contribution < -0.4 is 5.32 Å². The number of aryl methyl sites for hydroxylation is 1. The molecule has 2 rings (SSSR count). The van der Waals surface area contributed by atoms with Gasteiger partial charge < -0.3 is 10.1 Å². The van der Waals surface area contributed by atoms with Crippen molar-refractivity contribution < 1.29 is 9.53 Å². The first kappa shape index (κ1) is 16.0. The zero-order valence-corrected chi connectivity index (χ0v) is 13.3. The molecule has 0 bridgehead atoms. The lowest BCUT2D eigenvalue weighted by molar-refractivity contribution is -0.155. The minimum absolute atomic E-state index is 0.187. The molecule has 0 radical (unpaired) electrons. The van der Waals surface area contributed by atoms with Gasteiger partial charge in [-0.3, -0.25) is 4.90 Å². The molecule has 1 fully saturated rings. The van der Waals surface area contributed by atoms with Gasteiger partial charge in [0.25, 0.3) is 0 Å². The molecule has 1 heterocycles. The molecular formula is C17H26N2O2. The van der Waals surface area contributed by atoms with Gasteiger partial charge in [-0.25, -0.2) is 4.79 Å². The van der Waals surface area contributed by atoms with Crippen molar-refractivity contribution >= 4 is 5.97 Å². The average Bonchev–Trinajstić information content (AvgIpc) is 2.55. The van der Waals surface area contributed by atoms with E-state index in [1.54, 1.807) is 0 Å². The zero-order chi connectivity index (χ0) is 15.3. The smallest absolute Gasteiger partial charge is 0.330 e. The highest BCUT2D eigenvalue weighted by Gasteiger charge is 2.42. The molecule has 1 atom stereocenters. The molecule has 116 valence electrons. The first-order chi connectivity index (χ1) is 10.1. The second-order valence-electron chi connectivity index (χ2n) is 5.75. The maximum absolute atomic E-state index is 12.5. The quantitative estimate of drug-likeness (QED) is 0.842. The van der Waals surface area contributed by atoms with Crippen LogP contribution in [0.3, 0.4) is 0 Å². The molecule has 4 heteroatoms. The molecule has 0 amide bonds. The van der Waals surface area contributed by atoms with E-state index in [1.165, 1.54) is 12.7 Å². The fourth-order valence-corrected chi connectivity index (χ4v) is 3.02. The Morgan fingerprint density at radius 2 is 1.90 bits per heavy atom. The first-order valence-electron chi connectivity index (χ1n) is 7.76. The number of benzene rings is 1. The van der Waals surface area contributed by atoms with E-state index in [1.807, 2.05) is 6.92 Å². The molecule has 0 saturated carbocycles. The first-order valence-corrected chi connectivity index (χ1v) is 7.76. The lowest BCUT2D eigenvalue weighted by Crippen LogP contribution is -2.57. The SMILES string of the molecule is CCCc1ccc(C(C)(C(=O)OC)N2CCNCC2)cc1. The van der Waals surface area contributed by atoms with E-state index in [4.69, 9.17) is 4.74 Å². The third-order valence-corrected chi connectivity index (χ3v) is 4.39. The molecule has 1 unspecified atom stereocenters. The zero-order valence-electron chi connectivity index (χ0n) is 13.3. The van der Waals surface area contributed by atoms with E-state index in [2.05, 4.69) is 41.4 Å². The van der Waals surface area contributed by atoms with Crippen molar-refractivity contribution in [2.75, 3.05) is 33.3 Å². The van der Waals surface area contributed by atoms with Crippen LogP contribution in [0, 0.1) is 0 Å². The largest absolute Gasteiger partial charge is 0.467 e. The summed E-state index contributed by atoms with van der Waals surface area (Å²) in [4.78, 5) is 14.7. The Kier molecular flexibility index (Phi) is 5.37. The Balaban J connectivity index is 2.32. The summed E-state index contributed by atoms with van der Waals surface area (Å²) in [5.74, 6) is -0.187. The molecule has 1 aliphatic heterocycles. The number of piperazine rings is 1. The van der Waals surface area contributed by atoms with Gasteiger partial charge in [0.05, 0.1) is 7.11 Å². The lowest BCUT2D eigenvalue weighted by atomic mass is 9.88. The van der Waals surface area contributed by atoms with Crippen LogP contribution >= 0.6 is 0 Å². The van der Waals surface area contributed by atoms with Crippen LogP contribution in [0.4, 0.5) is 0 Å². The second kappa shape index (κ2) is 7.05. The van der Waals surface area contributed by atoms with Gasteiger partial charge in [-0.1, -0.05) is 37.6 Å². The van der Waals surface area contributed by atoms with Gasteiger partial charge in [0.1, 0.15) is 5.54 Å². The van der Waals surface area contributed by atoms with Crippen LogP contribution in [0.2, 0.25) is 0 Å². The normalized spacial score (nSPS) is 19.0. The number of carbonyl (C=O) groups excluding carboxylic acids is 1. The van der Waals surface area contributed by atoms with Crippen molar-refractivity contribution in [3.63, 3.8) is 0 Å². The molecule has 0 aliphatic carbocycles. The molecular weight excluding hydrogens is 264 g/mol. The van der Waals surface area contributed by atoms with Crippen LogP contribution in [-0.4, -0.2) is 44.2 Å². The number of carbonyl (C=O) groups is 1. The van der Waals surface area contributed by atoms with E-state index in [9.17, 15) is 4.79 Å². The highest BCUT2D eigenvalue weighted by atomic mass is 16.5. The number of nitrogens with zero attached hydrogens (tertiary/aromatic N) is 1. The van der Waals surface area contributed by atoms with Crippen molar-refractivity contribution in [2.45, 2.75) is 32.2 Å². The van der Waals surface area contributed by atoms with Crippen LogP contribution in [-0.2, 0) is 21.5 Å². The third kappa shape index (κ3) is 3.27. The number of nitrogens with one attached hydrogen (secondary N) is 1. The molecule has 1 aromatic carbocycles. The number of methoxy groups -OCH3 is 1. The Labute approximate surface area is 127 Å². The molecule has 1 aliphatic rings. The second-order valence-corrected chi connectivity index (χ2v) is 5.75. The Morgan fingerprint density at radius 3 is 2.43 bits per heavy atom. The molecule has 4 nitrogen and oxygen atoms in total. The van der Waals surface area contributed by atoms with Crippen LogP contribution in [0.5, 0.6) is 0 Å². The number of hydrogen-bond donors (Lipinski definition) is 1. The predicted molar refractivity (Wildman–Crippen MR) is 84.2 cm³/mol. The summed E-state index contributed by atoms with van der Waals surface area (Å²) < 4.78 is 5.10. The van der Waals surface area contributed by atoms with Gasteiger partial charge in [0.15, 0.2) is 0 Å². The molecule has 0 aromatic heterocycles. The summed E-state index contributed by atoms with van der Waals surface area (Å²) in [6.07, 6.45) is 2.20. The Hall–Kier alpha value is -1.39.